The van der Waals surface area contributed by atoms with Gasteiger partial charge in [0.25, 0.3) is 0 Å². The summed E-state index contributed by atoms with van der Waals surface area (Å²) < 4.78 is 13.3. The average Bonchev–Trinajstić information content (AvgIpc) is 2.62. The molecule has 0 aliphatic carbocycles. The number of rotatable bonds is 4. The first kappa shape index (κ1) is 18.8. The molecule has 0 aromatic heterocycles. The van der Waals surface area contributed by atoms with Gasteiger partial charge in [0.05, 0.1) is 5.02 Å². The Morgan fingerprint density at radius 1 is 1.15 bits per heavy atom. The van der Waals surface area contributed by atoms with Crippen molar-refractivity contribution in [3.63, 3.8) is 0 Å². The van der Waals surface area contributed by atoms with E-state index in [4.69, 9.17) is 11.6 Å². The molecule has 27 heavy (non-hydrogen) atoms. The lowest BCUT2D eigenvalue weighted by molar-refractivity contribution is -0.147. The number of carbonyl (C=O) groups is 3. The fourth-order valence-corrected chi connectivity index (χ4v) is 3.00. The number of nitrogens with zero attached hydrogens (tertiary/aromatic N) is 2. The van der Waals surface area contributed by atoms with E-state index >= 15 is 0 Å². The molecular weight excluding hydrogens is 373 g/mol. The first-order valence-electron chi connectivity index (χ1n) is 8.27. The normalized spacial score (nSPS) is 14.5. The molecule has 140 valence electrons. The van der Waals surface area contributed by atoms with E-state index in [1.807, 2.05) is 19.1 Å². The van der Waals surface area contributed by atoms with E-state index in [-0.39, 0.29) is 30.6 Å². The average molecular weight is 390 g/mol. The number of aryl methyl sites for hydroxylation is 1. The van der Waals surface area contributed by atoms with Crippen LogP contribution < -0.4 is 10.2 Å². The summed E-state index contributed by atoms with van der Waals surface area (Å²) in [6.07, 6.45) is 0. The Balaban J connectivity index is 1.65. The molecule has 3 amide bonds. The Morgan fingerprint density at radius 3 is 2.63 bits per heavy atom. The third-order valence-corrected chi connectivity index (χ3v) is 4.45. The van der Waals surface area contributed by atoms with Gasteiger partial charge >= 0.3 is 11.8 Å². The van der Waals surface area contributed by atoms with Crippen LogP contribution in [0.5, 0.6) is 0 Å². The molecule has 1 fully saturated rings. The number of carbonyl (C=O) groups excluding carboxylic acids is 3. The van der Waals surface area contributed by atoms with Crippen molar-refractivity contribution in [3.8, 4) is 0 Å². The van der Waals surface area contributed by atoms with Crippen LogP contribution in [0.3, 0.4) is 0 Å². The number of amides is 3. The van der Waals surface area contributed by atoms with Gasteiger partial charge in [-0.1, -0.05) is 23.7 Å². The molecule has 0 radical (unpaired) electrons. The summed E-state index contributed by atoms with van der Waals surface area (Å²) in [4.78, 5) is 39.3. The molecule has 2 aromatic carbocycles. The van der Waals surface area contributed by atoms with E-state index < -0.39 is 17.6 Å². The molecule has 3 rings (SSSR count). The molecule has 0 saturated carbocycles. The number of hydrogen-bond donors (Lipinski definition) is 1. The highest BCUT2D eigenvalue weighted by Gasteiger charge is 2.34. The molecule has 6 nitrogen and oxygen atoms in total. The maximum absolute atomic E-state index is 13.3. The Bertz CT molecular complexity index is 919. The van der Waals surface area contributed by atoms with E-state index in [2.05, 4.69) is 5.32 Å². The summed E-state index contributed by atoms with van der Waals surface area (Å²) in [6, 6.07) is 11.1. The molecule has 1 N–H and O–H groups in total. The number of halogens is 2. The topological polar surface area (TPSA) is 69.7 Å². The fraction of sp³-hybridized carbons (Fsp3) is 0.211. The molecule has 0 bridgehead atoms. The van der Waals surface area contributed by atoms with Crippen LogP contribution in [0.2, 0.25) is 5.02 Å². The van der Waals surface area contributed by atoms with Crippen LogP contribution in [0.15, 0.2) is 42.5 Å². The zero-order chi connectivity index (χ0) is 19.6. The van der Waals surface area contributed by atoms with E-state index in [1.54, 1.807) is 12.1 Å². The number of piperazine rings is 1. The van der Waals surface area contributed by atoms with Gasteiger partial charge < -0.3 is 15.1 Å². The predicted octanol–water partition coefficient (Wildman–Crippen LogP) is 2.60. The highest BCUT2D eigenvalue weighted by Crippen LogP contribution is 2.24. The Kier molecular flexibility index (Phi) is 5.41. The molecule has 1 aliphatic heterocycles. The molecule has 2 aromatic rings. The summed E-state index contributed by atoms with van der Waals surface area (Å²) in [5.41, 5.74) is 1.95. The van der Waals surface area contributed by atoms with Crippen molar-refractivity contribution in [2.24, 2.45) is 0 Å². The highest BCUT2D eigenvalue weighted by atomic mass is 35.5. The second-order valence-electron chi connectivity index (χ2n) is 6.20. The molecule has 0 spiro atoms. The maximum atomic E-state index is 13.3. The smallest absolute Gasteiger partial charge is 0.316 e. The molecule has 8 heteroatoms. The summed E-state index contributed by atoms with van der Waals surface area (Å²) in [7, 11) is 0. The van der Waals surface area contributed by atoms with Gasteiger partial charge in [-0.2, -0.15) is 0 Å². The van der Waals surface area contributed by atoms with Crippen molar-refractivity contribution in [3.05, 3.63) is 58.9 Å². The maximum Gasteiger partial charge on any atom is 0.316 e. The fourth-order valence-electron chi connectivity index (χ4n) is 2.82. The highest BCUT2D eigenvalue weighted by molar-refractivity contribution is 6.41. The number of hydrogen-bond acceptors (Lipinski definition) is 3. The quantitative estimate of drug-likeness (QED) is 0.817. The molecule has 0 unspecified atom stereocenters. The van der Waals surface area contributed by atoms with Crippen molar-refractivity contribution in [1.29, 1.82) is 0 Å². The molecule has 1 saturated heterocycles. The van der Waals surface area contributed by atoms with Crippen LogP contribution in [0.1, 0.15) is 5.56 Å². The van der Waals surface area contributed by atoms with Gasteiger partial charge in [0.1, 0.15) is 12.4 Å². The van der Waals surface area contributed by atoms with Gasteiger partial charge in [-0.25, -0.2) is 4.39 Å². The zero-order valence-electron chi connectivity index (χ0n) is 14.5. The third-order valence-electron chi connectivity index (χ3n) is 4.16. The number of benzene rings is 2. The molecule has 1 heterocycles. The van der Waals surface area contributed by atoms with Crippen LogP contribution in [0.4, 0.5) is 15.8 Å². The van der Waals surface area contributed by atoms with E-state index in [9.17, 15) is 18.8 Å². The van der Waals surface area contributed by atoms with Crippen molar-refractivity contribution >= 4 is 40.7 Å². The Hall–Kier alpha value is -2.93. The first-order chi connectivity index (χ1) is 12.8. The van der Waals surface area contributed by atoms with Crippen LogP contribution >= 0.6 is 11.6 Å². The second-order valence-corrected chi connectivity index (χ2v) is 6.61. The first-order valence-corrected chi connectivity index (χ1v) is 8.65. The lowest BCUT2D eigenvalue weighted by Gasteiger charge is -2.33. The van der Waals surface area contributed by atoms with E-state index in [1.165, 1.54) is 21.9 Å². The molecule has 1 aliphatic rings. The standard InChI is InChI=1S/C19H17ClFN3O3/c1-12-3-2-4-13(9-12)22-17(25)11-23-7-8-24(19(27)18(23)26)14-5-6-16(21)15(20)10-14/h2-6,9-10H,7-8,11H2,1H3,(H,22,25). The minimum absolute atomic E-state index is 0.132. The van der Waals surface area contributed by atoms with Gasteiger partial charge in [-0.3, -0.25) is 14.4 Å². The van der Waals surface area contributed by atoms with Crippen molar-refractivity contribution in [1.82, 2.24) is 4.90 Å². The number of anilines is 2. The second kappa shape index (κ2) is 7.75. The summed E-state index contributed by atoms with van der Waals surface area (Å²) in [6.45, 7) is 2.04. The van der Waals surface area contributed by atoms with Crippen LogP contribution in [-0.4, -0.2) is 42.3 Å². The SMILES string of the molecule is Cc1cccc(NC(=O)CN2CCN(c3ccc(F)c(Cl)c3)C(=O)C2=O)c1. The van der Waals surface area contributed by atoms with Crippen molar-refractivity contribution in [2.45, 2.75) is 6.92 Å². The third kappa shape index (κ3) is 4.25. The molecular formula is C19H17ClFN3O3. The summed E-state index contributed by atoms with van der Waals surface area (Å²) in [5, 5.41) is 2.57. The lowest BCUT2D eigenvalue weighted by atomic mass is 10.2. The Morgan fingerprint density at radius 2 is 1.93 bits per heavy atom. The van der Waals surface area contributed by atoms with Crippen LogP contribution in [0.25, 0.3) is 0 Å². The van der Waals surface area contributed by atoms with Gasteiger partial charge in [-0.15, -0.1) is 0 Å². The minimum atomic E-state index is -0.791. The van der Waals surface area contributed by atoms with Gasteiger partial charge in [-0.05, 0) is 42.8 Å². The lowest BCUT2D eigenvalue weighted by Crippen LogP contribution is -2.56. The molecule has 0 atom stereocenters. The van der Waals surface area contributed by atoms with E-state index in [0.717, 1.165) is 11.6 Å². The zero-order valence-corrected chi connectivity index (χ0v) is 15.3. The summed E-state index contributed by atoms with van der Waals surface area (Å²) >= 11 is 5.74. The summed E-state index contributed by atoms with van der Waals surface area (Å²) in [5.74, 6) is -2.57. The van der Waals surface area contributed by atoms with Crippen LogP contribution in [-0.2, 0) is 14.4 Å². The van der Waals surface area contributed by atoms with E-state index in [0.29, 0.717) is 11.4 Å². The van der Waals surface area contributed by atoms with Gasteiger partial charge in [0.15, 0.2) is 0 Å². The van der Waals surface area contributed by atoms with Crippen LogP contribution in [0, 0.1) is 12.7 Å². The Labute approximate surface area is 160 Å². The van der Waals surface area contributed by atoms with Crippen molar-refractivity contribution in [2.75, 3.05) is 29.9 Å². The van der Waals surface area contributed by atoms with Gasteiger partial charge in [0.2, 0.25) is 5.91 Å². The van der Waals surface area contributed by atoms with Crippen molar-refractivity contribution < 1.29 is 18.8 Å². The monoisotopic (exact) mass is 389 g/mol. The number of nitrogens with one attached hydrogen (secondary N) is 1. The minimum Gasteiger partial charge on any atom is -0.325 e. The predicted molar refractivity (Wildman–Crippen MR) is 100 cm³/mol. The van der Waals surface area contributed by atoms with Gasteiger partial charge in [0, 0.05) is 24.5 Å². The largest absolute Gasteiger partial charge is 0.325 e.